The number of ether oxygens (including phenoxy) is 2. The molecule has 2 aliphatic rings. The zero-order valence-corrected chi connectivity index (χ0v) is 18.7. The Balaban J connectivity index is 1.50. The Morgan fingerprint density at radius 3 is 2.73 bits per heavy atom. The van der Waals surface area contributed by atoms with Crippen LogP contribution in [0.3, 0.4) is 0 Å². The number of aliphatic imine (C=N–C) groups is 1. The molecule has 0 saturated carbocycles. The lowest BCUT2D eigenvalue weighted by Gasteiger charge is -2.35. The summed E-state index contributed by atoms with van der Waals surface area (Å²) in [7, 11) is 1.78. The first-order valence-electron chi connectivity index (χ1n) is 11.0. The van der Waals surface area contributed by atoms with Crippen molar-refractivity contribution in [3.8, 4) is 0 Å². The van der Waals surface area contributed by atoms with Crippen LogP contribution in [0.2, 0.25) is 0 Å². The number of nitrogens with one attached hydrogen (secondary N) is 2. The average molecular weight is 417 g/mol. The van der Waals surface area contributed by atoms with E-state index in [4.69, 9.17) is 9.47 Å². The number of carbonyl (C=O) groups is 1. The van der Waals surface area contributed by atoms with Crippen molar-refractivity contribution in [2.24, 2.45) is 10.9 Å². The monoisotopic (exact) mass is 416 g/mol. The van der Waals surface area contributed by atoms with Gasteiger partial charge in [0.15, 0.2) is 5.96 Å². The van der Waals surface area contributed by atoms with Gasteiger partial charge >= 0.3 is 6.09 Å². The van der Waals surface area contributed by atoms with E-state index in [-0.39, 0.29) is 18.2 Å². The molecule has 1 aromatic carbocycles. The van der Waals surface area contributed by atoms with Gasteiger partial charge in [0.25, 0.3) is 0 Å². The van der Waals surface area contributed by atoms with Gasteiger partial charge in [-0.1, -0.05) is 30.3 Å². The molecule has 30 heavy (non-hydrogen) atoms. The zero-order chi connectivity index (χ0) is 21.6. The number of rotatable bonds is 4. The van der Waals surface area contributed by atoms with Crippen molar-refractivity contribution in [2.45, 2.75) is 57.8 Å². The van der Waals surface area contributed by atoms with Gasteiger partial charge in [-0.25, -0.2) is 4.79 Å². The number of hydrogen-bond donors (Lipinski definition) is 2. The van der Waals surface area contributed by atoms with E-state index in [9.17, 15) is 4.79 Å². The van der Waals surface area contributed by atoms with Gasteiger partial charge in [0, 0.05) is 45.2 Å². The fraction of sp³-hybridized carbons (Fsp3) is 0.652. The van der Waals surface area contributed by atoms with Gasteiger partial charge in [-0.2, -0.15) is 0 Å². The van der Waals surface area contributed by atoms with Gasteiger partial charge in [0.05, 0.1) is 6.10 Å². The van der Waals surface area contributed by atoms with Gasteiger partial charge < -0.3 is 25.0 Å². The van der Waals surface area contributed by atoms with Gasteiger partial charge in [0.1, 0.15) is 5.60 Å². The predicted octanol–water partition coefficient (Wildman–Crippen LogP) is 3.33. The lowest BCUT2D eigenvalue weighted by molar-refractivity contribution is 0.0193. The summed E-state index contributed by atoms with van der Waals surface area (Å²) in [6, 6.07) is 10.6. The second-order valence-electron chi connectivity index (χ2n) is 9.11. The number of piperidine rings is 1. The maximum atomic E-state index is 12.4. The van der Waals surface area contributed by atoms with Crippen LogP contribution in [0.4, 0.5) is 4.79 Å². The molecule has 2 saturated heterocycles. The molecule has 3 unspecified atom stereocenters. The molecule has 2 heterocycles. The molecule has 0 spiro atoms. The van der Waals surface area contributed by atoms with Crippen molar-refractivity contribution in [1.29, 1.82) is 0 Å². The number of hydrogen-bond acceptors (Lipinski definition) is 4. The average Bonchev–Trinajstić information content (AvgIpc) is 3.19. The molecule has 1 amide bonds. The van der Waals surface area contributed by atoms with Crippen LogP contribution in [0.15, 0.2) is 35.3 Å². The molecule has 3 rings (SSSR count). The molecule has 7 nitrogen and oxygen atoms in total. The van der Waals surface area contributed by atoms with Gasteiger partial charge in [0.2, 0.25) is 0 Å². The Morgan fingerprint density at radius 2 is 2.03 bits per heavy atom. The number of likely N-dealkylation sites (tertiary alicyclic amines) is 1. The zero-order valence-electron chi connectivity index (χ0n) is 18.7. The van der Waals surface area contributed by atoms with E-state index in [0.29, 0.717) is 12.5 Å². The number of benzene rings is 1. The molecule has 0 aromatic heterocycles. The molecule has 7 heteroatoms. The van der Waals surface area contributed by atoms with Crippen LogP contribution in [0.1, 0.15) is 51.7 Å². The minimum absolute atomic E-state index is 0.120. The summed E-state index contributed by atoms with van der Waals surface area (Å²) in [6.07, 6.45) is 2.85. The molecular weight excluding hydrogens is 380 g/mol. The van der Waals surface area contributed by atoms with Crippen LogP contribution < -0.4 is 10.6 Å². The van der Waals surface area contributed by atoms with Crippen molar-refractivity contribution in [3.05, 3.63) is 35.9 Å². The fourth-order valence-electron chi connectivity index (χ4n) is 4.06. The second kappa shape index (κ2) is 10.2. The highest BCUT2D eigenvalue weighted by atomic mass is 16.6. The van der Waals surface area contributed by atoms with Gasteiger partial charge in [-0.05, 0) is 45.6 Å². The van der Waals surface area contributed by atoms with E-state index in [0.717, 1.165) is 44.9 Å². The van der Waals surface area contributed by atoms with Crippen molar-refractivity contribution < 1.29 is 14.3 Å². The first-order valence-corrected chi connectivity index (χ1v) is 11.0. The Bertz CT molecular complexity index is 717. The lowest BCUT2D eigenvalue weighted by Crippen LogP contribution is -2.53. The third-order valence-electron chi connectivity index (χ3n) is 5.51. The van der Waals surface area contributed by atoms with Crippen molar-refractivity contribution in [3.63, 3.8) is 0 Å². The van der Waals surface area contributed by atoms with Crippen LogP contribution in [-0.2, 0) is 9.47 Å². The van der Waals surface area contributed by atoms with Crippen molar-refractivity contribution in [2.75, 3.05) is 33.3 Å². The predicted molar refractivity (Wildman–Crippen MR) is 119 cm³/mol. The minimum atomic E-state index is -0.478. The summed E-state index contributed by atoms with van der Waals surface area (Å²) in [5.74, 6) is 1.17. The standard InChI is InChI=1S/C23H36N4O3/c1-23(2,3)30-22(28)27-13-8-11-19(16-27)26-21(24-4)25-15-18-12-14-29-20(18)17-9-6-5-7-10-17/h5-7,9-10,18-20H,8,11-16H2,1-4H3,(H2,24,25,26). The molecular formula is C23H36N4O3. The third-order valence-corrected chi connectivity index (χ3v) is 5.51. The van der Waals surface area contributed by atoms with E-state index in [1.165, 1.54) is 5.56 Å². The Kier molecular flexibility index (Phi) is 7.58. The number of nitrogens with zero attached hydrogens (tertiary/aromatic N) is 2. The van der Waals surface area contributed by atoms with Crippen LogP contribution in [0.25, 0.3) is 0 Å². The molecule has 1 aromatic rings. The van der Waals surface area contributed by atoms with Crippen LogP contribution >= 0.6 is 0 Å². The minimum Gasteiger partial charge on any atom is -0.444 e. The maximum Gasteiger partial charge on any atom is 0.410 e. The second-order valence-corrected chi connectivity index (χ2v) is 9.11. The van der Waals surface area contributed by atoms with E-state index >= 15 is 0 Å². The quantitative estimate of drug-likeness (QED) is 0.582. The summed E-state index contributed by atoms with van der Waals surface area (Å²) >= 11 is 0. The summed E-state index contributed by atoms with van der Waals surface area (Å²) in [4.78, 5) is 18.6. The van der Waals surface area contributed by atoms with Crippen LogP contribution in [0.5, 0.6) is 0 Å². The normalized spacial score (nSPS) is 25.1. The molecule has 0 bridgehead atoms. The summed E-state index contributed by atoms with van der Waals surface area (Å²) < 4.78 is 11.5. The molecule has 2 fully saturated rings. The largest absolute Gasteiger partial charge is 0.444 e. The van der Waals surface area contributed by atoms with E-state index in [1.807, 2.05) is 26.8 Å². The topological polar surface area (TPSA) is 75.2 Å². The Hall–Kier alpha value is -2.28. The van der Waals surface area contributed by atoms with E-state index < -0.39 is 5.60 Å². The highest BCUT2D eigenvalue weighted by molar-refractivity contribution is 5.80. The third kappa shape index (κ3) is 6.36. The molecule has 3 atom stereocenters. The SMILES string of the molecule is CN=C(NCC1CCOC1c1ccccc1)NC1CCCN(C(=O)OC(C)(C)C)C1. The lowest BCUT2D eigenvalue weighted by atomic mass is 9.95. The highest BCUT2D eigenvalue weighted by Gasteiger charge is 2.31. The summed E-state index contributed by atoms with van der Waals surface area (Å²) in [5, 5.41) is 6.95. The van der Waals surface area contributed by atoms with Gasteiger partial charge in [-0.3, -0.25) is 4.99 Å². The maximum absolute atomic E-state index is 12.4. The first-order chi connectivity index (χ1) is 14.4. The number of carbonyl (C=O) groups excluding carboxylic acids is 1. The van der Waals surface area contributed by atoms with Crippen LogP contribution in [0, 0.1) is 5.92 Å². The molecule has 2 aliphatic heterocycles. The van der Waals surface area contributed by atoms with Crippen molar-refractivity contribution in [1.82, 2.24) is 15.5 Å². The first kappa shape index (κ1) is 22.4. The Morgan fingerprint density at radius 1 is 1.27 bits per heavy atom. The smallest absolute Gasteiger partial charge is 0.410 e. The van der Waals surface area contributed by atoms with E-state index in [1.54, 1.807) is 11.9 Å². The molecule has 0 radical (unpaired) electrons. The molecule has 2 N–H and O–H groups in total. The molecule has 166 valence electrons. The summed E-state index contributed by atoms with van der Waals surface area (Å²) in [5.41, 5.74) is 0.748. The fourth-order valence-corrected chi connectivity index (χ4v) is 4.06. The van der Waals surface area contributed by atoms with Crippen LogP contribution in [-0.4, -0.2) is 61.9 Å². The highest BCUT2D eigenvalue weighted by Crippen LogP contribution is 2.33. The number of guanidine groups is 1. The number of amides is 1. The summed E-state index contributed by atoms with van der Waals surface area (Å²) in [6.45, 7) is 8.61. The van der Waals surface area contributed by atoms with E-state index in [2.05, 4.69) is 39.9 Å². The van der Waals surface area contributed by atoms with Gasteiger partial charge in [-0.15, -0.1) is 0 Å². The molecule has 0 aliphatic carbocycles. The van der Waals surface area contributed by atoms with Crippen molar-refractivity contribution >= 4 is 12.1 Å². The Labute approximate surface area is 180 Å².